The van der Waals surface area contributed by atoms with Crippen LogP contribution in [0.5, 0.6) is 5.75 Å². The first kappa shape index (κ1) is 18.3. The number of carbonyl (C=O) groups excluding carboxylic acids is 1. The molecule has 4 nitrogen and oxygen atoms in total. The molecule has 0 saturated heterocycles. The molecule has 28 heavy (non-hydrogen) atoms. The Labute approximate surface area is 166 Å². The number of benzene rings is 3. The topological polar surface area (TPSA) is 41.9 Å². The Bertz CT molecular complexity index is 1020. The summed E-state index contributed by atoms with van der Waals surface area (Å²) in [6.07, 6.45) is 0. The summed E-state index contributed by atoms with van der Waals surface area (Å²) in [6, 6.07) is 22.7. The number of halogens is 1. The van der Waals surface area contributed by atoms with E-state index in [2.05, 4.69) is 5.10 Å². The van der Waals surface area contributed by atoms with Gasteiger partial charge in [-0.3, -0.25) is 4.79 Å². The highest BCUT2D eigenvalue weighted by molar-refractivity contribution is 8.14. The van der Waals surface area contributed by atoms with Gasteiger partial charge in [0.15, 0.2) is 0 Å². The first-order valence-electron chi connectivity index (χ1n) is 8.70. The van der Waals surface area contributed by atoms with E-state index < -0.39 is 0 Å². The number of para-hydroxylation sites is 1. The third-order valence-corrected chi connectivity index (χ3v) is 5.59. The standard InChI is InChI=1S/C22H17FN2O2S/c1-27-19-10-6-5-9-18(19)22-25(21(26)16-7-3-2-4-8-16)24-20(28-22)15-11-13-17(23)14-12-15/h2-14,22H,1H3. The average molecular weight is 392 g/mol. The second-order valence-corrected chi connectivity index (χ2v) is 7.21. The van der Waals surface area contributed by atoms with E-state index in [1.165, 1.54) is 28.9 Å². The lowest BCUT2D eigenvalue weighted by Gasteiger charge is -2.22. The molecule has 140 valence electrons. The zero-order chi connectivity index (χ0) is 19.5. The smallest absolute Gasteiger partial charge is 0.275 e. The van der Waals surface area contributed by atoms with Crippen LogP contribution in [0.15, 0.2) is 84.0 Å². The second kappa shape index (κ2) is 7.86. The SMILES string of the molecule is COc1ccccc1C1SC(c2ccc(F)cc2)=NN1C(=O)c1ccccc1. The average Bonchev–Trinajstić information content (AvgIpc) is 3.19. The molecular formula is C22H17FN2O2S. The molecule has 1 aliphatic rings. The monoisotopic (exact) mass is 392 g/mol. The number of ether oxygens (including phenoxy) is 1. The predicted molar refractivity (Wildman–Crippen MR) is 109 cm³/mol. The molecule has 3 aromatic rings. The number of hydrogen-bond donors (Lipinski definition) is 0. The van der Waals surface area contributed by atoms with Crippen molar-refractivity contribution < 1.29 is 13.9 Å². The van der Waals surface area contributed by atoms with Crippen molar-refractivity contribution >= 4 is 22.7 Å². The van der Waals surface area contributed by atoms with Gasteiger partial charge < -0.3 is 4.74 Å². The molecule has 4 rings (SSSR count). The Kier molecular flexibility index (Phi) is 5.12. The fourth-order valence-electron chi connectivity index (χ4n) is 2.98. The van der Waals surface area contributed by atoms with Gasteiger partial charge in [0, 0.05) is 16.7 Å². The summed E-state index contributed by atoms with van der Waals surface area (Å²) < 4.78 is 18.8. The van der Waals surface area contributed by atoms with Gasteiger partial charge >= 0.3 is 0 Å². The van der Waals surface area contributed by atoms with E-state index in [0.717, 1.165) is 11.1 Å². The van der Waals surface area contributed by atoms with Crippen molar-refractivity contribution in [2.24, 2.45) is 5.10 Å². The van der Waals surface area contributed by atoms with Crippen LogP contribution in [0.2, 0.25) is 0 Å². The van der Waals surface area contributed by atoms with Crippen molar-refractivity contribution in [3.05, 3.63) is 101 Å². The number of hydrogen-bond acceptors (Lipinski definition) is 4. The van der Waals surface area contributed by atoms with Gasteiger partial charge in [0.05, 0.1) is 7.11 Å². The van der Waals surface area contributed by atoms with Gasteiger partial charge in [-0.1, -0.05) is 48.2 Å². The minimum atomic E-state index is -0.385. The molecule has 0 spiro atoms. The first-order chi connectivity index (χ1) is 13.7. The molecule has 1 atom stereocenters. The van der Waals surface area contributed by atoms with E-state index in [0.29, 0.717) is 16.4 Å². The summed E-state index contributed by atoms with van der Waals surface area (Å²) in [5, 5.41) is 6.32. The third kappa shape index (κ3) is 3.51. The molecule has 3 aromatic carbocycles. The molecule has 1 aliphatic heterocycles. The highest BCUT2D eigenvalue weighted by Crippen LogP contribution is 2.44. The van der Waals surface area contributed by atoms with Gasteiger partial charge in [-0.2, -0.15) is 5.10 Å². The zero-order valence-electron chi connectivity index (χ0n) is 15.1. The first-order valence-corrected chi connectivity index (χ1v) is 9.58. The van der Waals surface area contributed by atoms with E-state index in [-0.39, 0.29) is 17.1 Å². The lowest BCUT2D eigenvalue weighted by Crippen LogP contribution is -2.26. The van der Waals surface area contributed by atoms with E-state index >= 15 is 0 Å². The van der Waals surface area contributed by atoms with Crippen molar-refractivity contribution in [1.29, 1.82) is 0 Å². The molecule has 1 heterocycles. The largest absolute Gasteiger partial charge is 0.496 e. The second-order valence-electron chi connectivity index (χ2n) is 6.14. The number of nitrogens with zero attached hydrogens (tertiary/aromatic N) is 2. The van der Waals surface area contributed by atoms with Crippen molar-refractivity contribution in [3.8, 4) is 5.75 Å². The molecule has 0 bridgehead atoms. The minimum Gasteiger partial charge on any atom is -0.496 e. The van der Waals surface area contributed by atoms with E-state index in [4.69, 9.17) is 4.74 Å². The van der Waals surface area contributed by atoms with Crippen LogP contribution in [0.25, 0.3) is 0 Å². The van der Waals surface area contributed by atoms with E-state index in [9.17, 15) is 9.18 Å². The number of carbonyl (C=O) groups is 1. The Morgan fingerprint density at radius 3 is 2.39 bits per heavy atom. The van der Waals surface area contributed by atoms with Crippen LogP contribution in [0.3, 0.4) is 0 Å². The molecule has 1 unspecified atom stereocenters. The molecular weight excluding hydrogens is 375 g/mol. The Hall–Kier alpha value is -3.12. The van der Waals surface area contributed by atoms with Crippen molar-refractivity contribution in [1.82, 2.24) is 5.01 Å². The van der Waals surface area contributed by atoms with Gasteiger partial charge in [-0.25, -0.2) is 9.40 Å². The number of amides is 1. The van der Waals surface area contributed by atoms with Crippen molar-refractivity contribution in [2.45, 2.75) is 5.37 Å². The summed E-state index contributed by atoms with van der Waals surface area (Å²) in [5.74, 6) is 0.161. The molecule has 0 saturated carbocycles. The maximum Gasteiger partial charge on any atom is 0.275 e. The summed E-state index contributed by atoms with van der Waals surface area (Å²) in [7, 11) is 1.60. The molecule has 6 heteroatoms. The number of methoxy groups -OCH3 is 1. The summed E-state index contributed by atoms with van der Waals surface area (Å²) in [6.45, 7) is 0. The third-order valence-electron chi connectivity index (χ3n) is 4.37. The Balaban J connectivity index is 1.76. The van der Waals surface area contributed by atoms with Gasteiger partial charge in [0.2, 0.25) is 0 Å². The summed E-state index contributed by atoms with van der Waals surface area (Å²) in [4.78, 5) is 13.2. The zero-order valence-corrected chi connectivity index (χ0v) is 15.9. The Morgan fingerprint density at radius 2 is 1.68 bits per heavy atom. The lowest BCUT2D eigenvalue weighted by molar-refractivity contribution is 0.0748. The molecule has 0 aromatic heterocycles. The van der Waals surface area contributed by atoms with Crippen molar-refractivity contribution in [3.63, 3.8) is 0 Å². The molecule has 0 fully saturated rings. The van der Waals surface area contributed by atoms with Crippen LogP contribution in [-0.4, -0.2) is 23.1 Å². The number of thioether (sulfide) groups is 1. The van der Waals surface area contributed by atoms with Crippen LogP contribution in [0.1, 0.15) is 26.9 Å². The van der Waals surface area contributed by atoms with Crippen molar-refractivity contribution in [2.75, 3.05) is 7.11 Å². The summed E-state index contributed by atoms with van der Waals surface area (Å²) in [5.41, 5.74) is 2.15. The van der Waals surface area contributed by atoms with Crippen LogP contribution < -0.4 is 4.74 Å². The quantitative estimate of drug-likeness (QED) is 0.621. The highest BCUT2D eigenvalue weighted by atomic mass is 32.2. The normalized spacial score (nSPS) is 16.0. The van der Waals surface area contributed by atoms with Crippen LogP contribution in [0.4, 0.5) is 4.39 Å². The van der Waals surface area contributed by atoms with Gasteiger partial charge in [-0.05, 0) is 42.5 Å². The molecule has 1 amide bonds. The molecule has 0 aliphatic carbocycles. The van der Waals surface area contributed by atoms with Gasteiger partial charge in [0.1, 0.15) is 22.0 Å². The minimum absolute atomic E-state index is 0.207. The number of rotatable bonds is 4. The van der Waals surface area contributed by atoms with Crippen LogP contribution in [0, 0.1) is 5.82 Å². The van der Waals surface area contributed by atoms with Crippen LogP contribution >= 0.6 is 11.8 Å². The fraction of sp³-hybridized carbons (Fsp3) is 0.0909. The maximum absolute atomic E-state index is 13.3. The van der Waals surface area contributed by atoms with Gasteiger partial charge in [-0.15, -0.1) is 0 Å². The van der Waals surface area contributed by atoms with Crippen LogP contribution in [-0.2, 0) is 0 Å². The maximum atomic E-state index is 13.3. The predicted octanol–water partition coefficient (Wildman–Crippen LogP) is 5.08. The molecule has 0 N–H and O–H groups in total. The summed E-state index contributed by atoms with van der Waals surface area (Å²) >= 11 is 1.44. The van der Waals surface area contributed by atoms with Gasteiger partial charge in [0.25, 0.3) is 5.91 Å². The fourth-order valence-corrected chi connectivity index (χ4v) is 4.16. The lowest BCUT2D eigenvalue weighted by atomic mass is 10.1. The number of hydrazone groups is 1. The van der Waals surface area contributed by atoms with E-state index in [1.54, 1.807) is 31.4 Å². The highest BCUT2D eigenvalue weighted by Gasteiger charge is 2.36. The van der Waals surface area contributed by atoms with E-state index in [1.807, 2.05) is 42.5 Å². The molecule has 0 radical (unpaired) electrons. The Morgan fingerprint density at radius 1 is 1.00 bits per heavy atom.